The van der Waals surface area contributed by atoms with Gasteiger partial charge in [0.2, 0.25) is 5.91 Å². The summed E-state index contributed by atoms with van der Waals surface area (Å²) in [6.45, 7) is 8.68. The van der Waals surface area contributed by atoms with E-state index < -0.39 is 5.41 Å². The van der Waals surface area contributed by atoms with Crippen LogP contribution in [-0.2, 0) is 10.2 Å². The molecule has 1 amide bonds. The van der Waals surface area contributed by atoms with Crippen LogP contribution >= 0.6 is 24.0 Å². The van der Waals surface area contributed by atoms with Gasteiger partial charge < -0.3 is 10.6 Å². The van der Waals surface area contributed by atoms with Crippen LogP contribution in [0.15, 0.2) is 24.3 Å². The van der Waals surface area contributed by atoms with Crippen LogP contribution in [0.25, 0.3) is 0 Å². The quantitative estimate of drug-likeness (QED) is 0.849. The van der Waals surface area contributed by atoms with Crippen LogP contribution in [0.3, 0.4) is 0 Å². The number of carbonyl (C=O) groups is 1. The average Bonchev–Trinajstić information content (AvgIpc) is 2.43. The van der Waals surface area contributed by atoms with Gasteiger partial charge in [0, 0.05) is 24.7 Å². The van der Waals surface area contributed by atoms with E-state index in [9.17, 15) is 4.79 Å². The van der Waals surface area contributed by atoms with E-state index in [0.717, 1.165) is 12.0 Å². The number of nitrogens with zero attached hydrogens (tertiary/aromatic N) is 1. The fourth-order valence-electron chi connectivity index (χ4n) is 2.34. The van der Waals surface area contributed by atoms with Gasteiger partial charge >= 0.3 is 0 Å². The molecule has 1 unspecified atom stereocenters. The van der Waals surface area contributed by atoms with Crippen molar-refractivity contribution < 1.29 is 4.79 Å². The van der Waals surface area contributed by atoms with E-state index in [0.29, 0.717) is 17.5 Å². The third-order valence-electron chi connectivity index (χ3n) is 4.08. The smallest absolute Gasteiger partial charge is 0.232 e. The van der Waals surface area contributed by atoms with Crippen molar-refractivity contribution in [2.75, 3.05) is 13.6 Å². The molecule has 1 aromatic rings. The summed E-state index contributed by atoms with van der Waals surface area (Å²) < 4.78 is 0. The highest BCUT2D eigenvalue weighted by molar-refractivity contribution is 6.31. The molecule has 5 heteroatoms. The van der Waals surface area contributed by atoms with Crippen LogP contribution < -0.4 is 5.73 Å². The van der Waals surface area contributed by atoms with Crippen molar-refractivity contribution in [3.05, 3.63) is 34.9 Å². The Morgan fingerprint density at radius 2 is 1.86 bits per heavy atom. The number of nitrogens with two attached hydrogens (primary N) is 1. The molecule has 0 aliphatic rings. The minimum Gasteiger partial charge on any atom is -0.345 e. The number of hydrogen-bond acceptors (Lipinski definition) is 2. The van der Waals surface area contributed by atoms with E-state index in [-0.39, 0.29) is 24.4 Å². The first-order chi connectivity index (χ1) is 9.67. The van der Waals surface area contributed by atoms with Crippen LogP contribution in [0, 0.1) is 5.92 Å². The van der Waals surface area contributed by atoms with E-state index in [1.165, 1.54) is 0 Å². The Balaban J connectivity index is 0.00000441. The standard InChI is InChI=1S/C17H27ClN2O.ClH/c1-12(2)15(19)10-11-20(5)16(21)17(3,4)13-8-6-7-9-14(13)18;/h6-9,12,15H,10-11,19H2,1-5H3;1H. The second kappa shape index (κ2) is 8.76. The molecule has 1 aromatic carbocycles. The lowest BCUT2D eigenvalue weighted by Crippen LogP contribution is -2.43. The van der Waals surface area contributed by atoms with Crippen molar-refractivity contribution >= 4 is 29.9 Å². The lowest BCUT2D eigenvalue weighted by Gasteiger charge is -2.31. The number of benzene rings is 1. The maximum atomic E-state index is 12.7. The Morgan fingerprint density at radius 1 is 1.32 bits per heavy atom. The largest absolute Gasteiger partial charge is 0.345 e. The first-order valence-corrected chi connectivity index (χ1v) is 7.82. The minimum absolute atomic E-state index is 0. The molecule has 0 fully saturated rings. The molecule has 1 rings (SSSR count). The van der Waals surface area contributed by atoms with Crippen molar-refractivity contribution in [2.24, 2.45) is 11.7 Å². The molecule has 0 heterocycles. The Hall–Kier alpha value is -0.770. The van der Waals surface area contributed by atoms with E-state index >= 15 is 0 Å². The normalized spacial score (nSPS) is 12.7. The molecular weight excluding hydrogens is 319 g/mol. The monoisotopic (exact) mass is 346 g/mol. The summed E-state index contributed by atoms with van der Waals surface area (Å²) >= 11 is 6.24. The summed E-state index contributed by atoms with van der Waals surface area (Å²) in [5.74, 6) is 0.483. The first-order valence-electron chi connectivity index (χ1n) is 7.44. The fraction of sp³-hybridized carbons (Fsp3) is 0.588. The number of rotatable bonds is 6. The highest BCUT2D eigenvalue weighted by Gasteiger charge is 2.33. The molecule has 0 aromatic heterocycles. The Morgan fingerprint density at radius 3 is 2.36 bits per heavy atom. The molecule has 0 bridgehead atoms. The number of amides is 1. The van der Waals surface area contributed by atoms with Gasteiger partial charge in [0.15, 0.2) is 0 Å². The van der Waals surface area contributed by atoms with Gasteiger partial charge in [-0.05, 0) is 37.8 Å². The number of likely N-dealkylation sites (N-methyl/N-ethyl adjacent to an activating group) is 1. The summed E-state index contributed by atoms with van der Waals surface area (Å²) in [7, 11) is 1.83. The van der Waals surface area contributed by atoms with Gasteiger partial charge in [0.1, 0.15) is 0 Å². The van der Waals surface area contributed by atoms with E-state index in [2.05, 4.69) is 13.8 Å². The van der Waals surface area contributed by atoms with Gasteiger partial charge in [-0.1, -0.05) is 43.6 Å². The molecule has 0 spiro atoms. The van der Waals surface area contributed by atoms with E-state index in [1.54, 1.807) is 4.90 Å². The Bertz CT molecular complexity index is 489. The molecule has 0 saturated carbocycles. The summed E-state index contributed by atoms with van der Waals surface area (Å²) in [6.07, 6.45) is 0.804. The summed E-state index contributed by atoms with van der Waals surface area (Å²) in [5.41, 5.74) is 6.26. The molecule has 22 heavy (non-hydrogen) atoms. The van der Waals surface area contributed by atoms with Gasteiger partial charge in [0.25, 0.3) is 0 Å². The van der Waals surface area contributed by atoms with Gasteiger partial charge in [-0.2, -0.15) is 0 Å². The van der Waals surface area contributed by atoms with Gasteiger partial charge in [0.05, 0.1) is 5.41 Å². The van der Waals surface area contributed by atoms with Crippen molar-refractivity contribution in [1.29, 1.82) is 0 Å². The van der Waals surface area contributed by atoms with Crippen molar-refractivity contribution in [1.82, 2.24) is 4.90 Å². The maximum absolute atomic E-state index is 12.7. The number of hydrogen-bond donors (Lipinski definition) is 1. The SMILES string of the molecule is CC(C)C(N)CCN(C)C(=O)C(C)(C)c1ccccc1Cl.Cl. The highest BCUT2D eigenvalue weighted by Crippen LogP contribution is 2.31. The van der Waals surface area contributed by atoms with Gasteiger partial charge in [-0.3, -0.25) is 4.79 Å². The van der Waals surface area contributed by atoms with E-state index in [4.69, 9.17) is 17.3 Å². The number of halogens is 2. The summed E-state index contributed by atoms with van der Waals surface area (Å²) in [4.78, 5) is 14.5. The van der Waals surface area contributed by atoms with Gasteiger partial charge in [-0.25, -0.2) is 0 Å². The summed E-state index contributed by atoms with van der Waals surface area (Å²) in [6, 6.07) is 7.63. The van der Waals surface area contributed by atoms with Gasteiger partial charge in [-0.15, -0.1) is 12.4 Å². The fourth-order valence-corrected chi connectivity index (χ4v) is 2.71. The zero-order chi connectivity index (χ0) is 16.2. The minimum atomic E-state index is -0.644. The van der Waals surface area contributed by atoms with Crippen LogP contribution in [0.4, 0.5) is 0 Å². The molecule has 0 saturated heterocycles. The second-order valence-corrected chi connectivity index (χ2v) is 6.94. The average molecular weight is 347 g/mol. The Labute approximate surface area is 145 Å². The molecule has 0 aliphatic carbocycles. The van der Waals surface area contributed by atoms with Crippen molar-refractivity contribution in [3.8, 4) is 0 Å². The zero-order valence-corrected chi connectivity index (χ0v) is 15.7. The van der Waals surface area contributed by atoms with Crippen LogP contribution in [0.1, 0.15) is 39.7 Å². The molecule has 0 radical (unpaired) electrons. The van der Waals surface area contributed by atoms with Crippen LogP contribution in [-0.4, -0.2) is 30.4 Å². The zero-order valence-electron chi connectivity index (χ0n) is 14.1. The molecule has 1 atom stereocenters. The number of carbonyl (C=O) groups excluding carboxylic acids is 1. The first kappa shape index (κ1) is 21.2. The van der Waals surface area contributed by atoms with E-state index in [1.807, 2.05) is 45.2 Å². The Kier molecular flexibility index (Phi) is 8.45. The van der Waals surface area contributed by atoms with Crippen LogP contribution in [0.5, 0.6) is 0 Å². The highest BCUT2D eigenvalue weighted by atomic mass is 35.5. The van der Waals surface area contributed by atoms with Crippen molar-refractivity contribution in [3.63, 3.8) is 0 Å². The molecule has 2 N–H and O–H groups in total. The van der Waals surface area contributed by atoms with Crippen molar-refractivity contribution in [2.45, 2.75) is 45.6 Å². The maximum Gasteiger partial charge on any atom is 0.232 e. The summed E-state index contributed by atoms with van der Waals surface area (Å²) in [5, 5.41) is 0.628. The third kappa shape index (κ3) is 5.15. The predicted octanol–water partition coefficient (Wildman–Crippen LogP) is 3.87. The third-order valence-corrected chi connectivity index (χ3v) is 4.41. The lowest BCUT2D eigenvalue weighted by atomic mass is 9.83. The second-order valence-electron chi connectivity index (χ2n) is 6.53. The topological polar surface area (TPSA) is 46.3 Å². The molecule has 126 valence electrons. The lowest BCUT2D eigenvalue weighted by molar-refractivity contribution is -0.135. The predicted molar refractivity (Wildman–Crippen MR) is 96.8 cm³/mol. The molecule has 0 aliphatic heterocycles. The molecule has 3 nitrogen and oxygen atoms in total. The molecular formula is C17H28Cl2N2O. The van der Waals surface area contributed by atoms with Crippen LogP contribution in [0.2, 0.25) is 5.02 Å².